The fourth-order valence-corrected chi connectivity index (χ4v) is 1.57. The number of hydrogen-bond donors (Lipinski definition) is 2. The van der Waals surface area contributed by atoms with E-state index in [4.69, 9.17) is 9.84 Å². The van der Waals surface area contributed by atoms with Crippen LogP contribution in [-0.2, 0) is 0 Å². The molecular formula is C14H23NO2. The molecule has 1 rings (SSSR count). The summed E-state index contributed by atoms with van der Waals surface area (Å²) in [5.41, 5.74) is 0.00149. The molecule has 3 heteroatoms. The van der Waals surface area contributed by atoms with Crippen molar-refractivity contribution in [2.24, 2.45) is 0 Å². The van der Waals surface area contributed by atoms with Crippen LogP contribution in [0, 0.1) is 0 Å². The first kappa shape index (κ1) is 14.0. The molecule has 0 aliphatic rings. The highest BCUT2D eigenvalue weighted by atomic mass is 16.5. The Morgan fingerprint density at radius 2 is 1.94 bits per heavy atom. The number of para-hydroxylation sites is 1. The highest BCUT2D eigenvalue weighted by Gasteiger charge is 2.14. The second-order valence-electron chi connectivity index (χ2n) is 4.80. The number of aliphatic hydroxyl groups excluding tert-OH is 1. The number of rotatable bonds is 8. The zero-order chi connectivity index (χ0) is 12.6. The van der Waals surface area contributed by atoms with Crippen LogP contribution in [0.3, 0.4) is 0 Å². The molecule has 17 heavy (non-hydrogen) atoms. The van der Waals surface area contributed by atoms with Gasteiger partial charge in [-0.25, -0.2) is 0 Å². The van der Waals surface area contributed by atoms with Gasteiger partial charge in [-0.2, -0.15) is 0 Å². The molecule has 0 bridgehead atoms. The van der Waals surface area contributed by atoms with Gasteiger partial charge in [0.2, 0.25) is 0 Å². The Hall–Kier alpha value is -1.06. The van der Waals surface area contributed by atoms with Crippen LogP contribution in [0.1, 0.15) is 26.7 Å². The van der Waals surface area contributed by atoms with Gasteiger partial charge in [-0.3, -0.25) is 0 Å². The van der Waals surface area contributed by atoms with Crippen LogP contribution in [0.2, 0.25) is 0 Å². The van der Waals surface area contributed by atoms with Gasteiger partial charge in [0.25, 0.3) is 0 Å². The van der Waals surface area contributed by atoms with E-state index in [0.717, 1.165) is 25.1 Å². The van der Waals surface area contributed by atoms with Gasteiger partial charge < -0.3 is 15.2 Å². The SMILES string of the molecule is CC(C)(CCO)NCCCOc1ccccc1. The lowest BCUT2D eigenvalue weighted by atomic mass is 10.0. The first-order valence-electron chi connectivity index (χ1n) is 6.18. The molecule has 0 amide bonds. The molecule has 0 saturated carbocycles. The van der Waals surface area contributed by atoms with Gasteiger partial charge in [-0.1, -0.05) is 18.2 Å². The number of benzene rings is 1. The average molecular weight is 237 g/mol. The number of hydrogen-bond acceptors (Lipinski definition) is 3. The Morgan fingerprint density at radius 3 is 2.59 bits per heavy atom. The topological polar surface area (TPSA) is 41.5 Å². The molecular weight excluding hydrogens is 214 g/mol. The fourth-order valence-electron chi connectivity index (χ4n) is 1.57. The molecule has 0 heterocycles. The molecule has 3 nitrogen and oxygen atoms in total. The molecule has 0 aliphatic heterocycles. The zero-order valence-electron chi connectivity index (χ0n) is 10.8. The second-order valence-corrected chi connectivity index (χ2v) is 4.80. The van der Waals surface area contributed by atoms with Gasteiger partial charge in [0.1, 0.15) is 5.75 Å². The molecule has 0 radical (unpaired) electrons. The Labute approximate surface area is 104 Å². The van der Waals surface area contributed by atoms with E-state index in [0.29, 0.717) is 6.61 Å². The van der Waals surface area contributed by atoms with E-state index < -0.39 is 0 Å². The van der Waals surface area contributed by atoms with E-state index in [1.54, 1.807) is 0 Å². The Morgan fingerprint density at radius 1 is 1.24 bits per heavy atom. The van der Waals surface area contributed by atoms with Gasteiger partial charge in [-0.15, -0.1) is 0 Å². The molecule has 1 aromatic carbocycles. The normalized spacial score (nSPS) is 11.5. The van der Waals surface area contributed by atoms with Crippen LogP contribution in [0.4, 0.5) is 0 Å². The van der Waals surface area contributed by atoms with Crippen molar-refractivity contribution in [1.29, 1.82) is 0 Å². The summed E-state index contributed by atoms with van der Waals surface area (Å²) in [6.07, 6.45) is 1.73. The summed E-state index contributed by atoms with van der Waals surface area (Å²) in [6, 6.07) is 9.84. The maximum atomic E-state index is 8.89. The molecule has 0 atom stereocenters. The Bertz CT molecular complexity index is 298. The molecule has 0 spiro atoms. The molecule has 0 aliphatic carbocycles. The molecule has 1 aromatic rings. The summed E-state index contributed by atoms with van der Waals surface area (Å²) in [5.74, 6) is 0.919. The van der Waals surface area contributed by atoms with Crippen LogP contribution in [0.5, 0.6) is 5.75 Å². The number of aliphatic hydroxyl groups is 1. The van der Waals surface area contributed by atoms with Crippen LogP contribution in [-0.4, -0.2) is 30.4 Å². The lowest BCUT2D eigenvalue weighted by molar-refractivity contribution is 0.226. The van der Waals surface area contributed by atoms with Gasteiger partial charge in [0.05, 0.1) is 6.61 Å². The van der Waals surface area contributed by atoms with Gasteiger partial charge in [-0.05, 0) is 45.4 Å². The third-order valence-corrected chi connectivity index (χ3v) is 2.67. The lowest BCUT2D eigenvalue weighted by Gasteiger charge is -2.25. The summed E-state index contributed by atoms with van der Waals surface area (Å²) in [7, 11) is 0. The van der Waals surface area contributed by atoms with Crippen molar-refractivity contribution in [3.05, 3.63) is 30.3 Å². The van der Waals surface area contributed by atoms with Crippen LogP contribution in [0.15, 0.2) is 30.3 Å². The van der Waals surface area contributed by atoms with Crippen molar-refractivity contribution < 1.29 is 9.84 Å². The molecule has 0 saturated heterocycles. The van der Waals surface area contributed by atoms with Crippen LogP contribution in [0.25, 0.3) is 0 Å². The second kappa shape index (κ2) is 7.30. The third-order valence-electron chi connectivity index (χ3n) is 2.67. The molecule has 2 N–H and O–H groups in total. The molecule has 96 valence electrons. The fraction of sp³-hybridized carbons (Fsp3) is 0.571. The highest BCUT2D eigenvalue weighted by Crippen LogP contribution is 2.09. The maximum Gasteiger partial charge on any atom is 0.119 e. The van der Waals surface area contributed by atoms with Crippen molar-refractivity contribution in [2.75, 3.05) is 19.8 Å². The first-order chi connectivity index (χ1) is 8.14. The largest absolute Gasteiger partial charge is 0.494 e. The monoisotopic (exact) mass is 237 g/mol. The number of ether oxygens (including phenoxy) is 1. The first-order valence-corrected chi connectivity index (χ1v) is 6.18. The summed E-state index contributed by atoms with van der Waals surface area (Å²) in [6.45, 7) is 6.04. The highest BCUT2D eigenvalue weighted by molar-refractivity contribution is 5.20. The predicted molar refractivity (Wildman–Crippen MR) is 70.3 cm³/mol. The smallest absolute Gasteiger partial charge is 0.119 e. The third kappa shape index (κ3) is 6.29. The van der Waals surface area contributed by atoms with E-state index in [1.165, 1.54) is 0 Å². The minimum atomic E-state index is 0.00149. The van der Waals surface area contributed by atoms with Gasteiger partial charge in [0.15, 0.2) is 0 Å². The Balaban J connectivity index is 2.09. The van der Waals surface area contributed by atoms with E-state index in [1.807, 2.05) is 30.3 Å². The Kier molecular flexibility index (Phi) is 6.01. The summed E-state index contributed by atoms with van der Waals surface area (Å²) in [5, 5.41) is 12.3. The van der Waals surface area contributed by atoms with Crippen molar-refractivity contribution in [3.63, 3.8) is 0 Å². The average Bonchev–Trinajstić information content (AvgIpc) is 2.30. The quantitative estimate of drug-likeness (QED) is 0.681. The van der Waals surface area contributed by atoms with E-state index in [-0.39, 0.29) is 12.1 Å². The summed E-state index contributed by atoms with van der Waals surface area (Å²) < 4.78 is 5.59. The van der Waals surface area contributed by atoms with Crippen molar-refractivity contribution in [3.8, 4) is 5.75 Å². The van der Waals surface area contributed by atoms with Crippen molar-refractivity contribution in [1.82, 2.24) is 5.32 Å². The van der Waals surface area contributed by atoms with E-state index in [9.17, 15) is 0 Å². The van der Waals surface area contributed by atoms with Gasteiger partial charge in [0, 0.05) is 12.1 Å². The van der Waals surface area contributed by atoms with Crippen LogP contribution >= 0.6 is 0 Å². The van der Waals surface area contributed by atoms with E-state index in [2.05, 4.69) is 19.2 Å². The van der Waals surface area contributed by atoms with Crippen molar-refractivity contribution >= 4 is 0 Å². The summed E-state index contributed by atoms with van der Waals surface area (Å²) >= 11 is 0. The minimum absolute atomic E-state index is 0.00149. The zero-order valence-corrected chi connectivity index (χ0v) is 10.8. The van der Waals surface area contributed by atoms with Gasteiger partial charge >= 0.3 is 0 Å². The predicted octanol–water partition coefficient (Wildman–Crippen LogP) is 2.21. The minimum Gasteiger partial charge on any atom is -0.494 e. The van der Waals surface area contributed by atoms with Crippen LogP contribution < -0.4 is 10.1 Å². The summed E-state index contributed by atoms with van der Waals surface area (Å²) in [4.78, 5) is 0. The maximum absolute atomic E-state index is 8.89. The van der Waals surface area contributed by atoms with Crippen molar-refractivity contribution in [2.45, 2.75) is 32.2 Å². The number of nitrogens with one attached hydrogen (secondary N) is 1. The lowest BCUT2D eigenvalue weighted by Crippen LogP contribution is -2.40. The standard InChI is InChI=1S/C14H23NO2/c1-14(2,9-11-16)15-10-6-12-17-13-7-4-3-5-8-13/h3-5,7-8,15-16H,6,9-12H2,1-2H3. The molecule has 0 aromatic heterocycles. The molecule has 0 fully saturated rings. The van der Waals surface area contributed by atoms with E-state index >= 15 is 0 Å². The molecule has 0 unspecified atom stereocenters.